The van der Waals surface area contributed by atoms with E-state index in [9.17, 15) is 0 Å². The first-order chi connectivity index (χ1) is 9.72. The van der Waals surface area contributed by atoms with Gasteiger partial charge in [-0.1, -0.05) is 6.42 Å². The Labute approximate surface area is 127 Å². The molecule has 0 amide bonds. The Bertz CT molecular complexity index is 614. The molecule has 0 saturated carbocycles. The number of thiazole rings is 1. The van der Waals surface area contributed by atoms with E-state index >= 15 is 0 Å². The van der Waals surface area contributed by atoms with E-state index in [1.54, 1.807) is 11.3 Å². The molecule has 3 heterocycles. The molecule has 7 heteroatoms. The number of rotatable bonds is 4. The van der Waals surface area contributed by atoms with Crippen molar-refractivity contribution in [1.82, 2.24) is 25.1 Å². The Morgan fingerprint density at radius 3 is 3.10 bits per heavy atom. The highest BCUT2D eigenvalue weighted by Crippen LogP contribution is 2.23. The van der Waals surface area contributed by atoms with Gasteiger partial charge in [-0.25, -0.2) is 4.98 Å². The number of piperidine rings is 1. The summed E-state index contributed by atoms with van der Waals surface area (Å²) in [5.41, 5.74) is 0. The van der Waals surface area contributed by atoms with Crippen LogP contribution in [-0.4, -0.2) is 44.2 Å². The molecule has 2 aromatic rings. The molecule has 1 atom stereocenters. The summed E-state index contributed by atoms with van der Waals surface area (Å²) in [6.45, 7) is 4.66. The quantitative estimate of drug-likeness (QED) is 0.852. The highest BCUT2D eigenvalue weighted by atomic mass is 32.1. The van der Waals surface area contributed by atoms with Gasteiger partial charge in [-0.05, 0) is 38.5 Å². The molecular weight excluding hydrogens is 290 g/mol. The first-order valence-electron chi connectivity index (χ1n) is 7.06. The number of likely N-dealkylation sites (tertiary alicyclic amines) is 1. The minimum absolute atomic E-state index is 0.483. The summed E-state index contributed by atoms with van der Waals surface area (Å²) in [7, 11) is 0. The Kier molecular flexibility index (Phi) is 4.28. The first kappa shape index (κ1) is 13.9. The summed E-state index contributed by atoms with van der Waals surface area (Å²) in [6.07, 6.45) is 6.92. The van der Waals surface area contributed by atoms with Gasteiger partial charge in [0.2, 0.25) is 4.77 Å². The van der Waals surface area contributed by atoms with E-state index in [-0.39, 0.29) is 0 Å². The van der Waals surface area contributed by atoms with Crippen LogP contribution in [0, 0.1) is 4.77 Å². The lowest BCUT2D eigenvalue weighted by Crippen LogP contribution is -2.38. The molecule has 20 heavy (non-hydrogen) atoms. The Hall–Kier alpha value is -1.05. The zero-order valence-corrected chi connectivity index (χ0v) is 13.2. The molecule has 2 aromatic heterocycles. The average Bonchev–Trinajstić information content (AvgIpc) is 3.06. The maximum Gasteiger partial charge on any atom is 0.213 e. The van der Waals surface area contributed by atoms with Crippen LogP contribution in [0.4, 0.5) is 0 Å². The summed E-state index contributed by atoms with van der Waals surface area (Å²) in [4.78, 5) is 12.3. The van der Waals surface area contributed by atoms with Crippen molar-refractivity contribution in [2.45, 2.75) is 38.6 Å². The van der Waals surface area contributed by atoms with E-state index in [1.807, 2.05) is 6.20 Å². The molecule has 1 saturated heterocycles. The van der Waals surface area contributed by atoms with Gasteiger partial charge in [0, 0.05) is 25.2 Å². The van der Waals surface area contributed by atoms with Gasteiger partial charge in [-0.2, -0.15) is 4.98 Å². The number of aromatic amines is 2. The van der Waals surface area contributed by atoms with Gasteiger partial charge in [-0.3, -0.25) is 10.2 Å². The number of aromatic nitrogens is 4. The molecule has 2 N–H and O–H groups in total. The van der Waals surface area contributed by atoms with Gasteiger partial charge >= 0.3 is 0 Å². The van der Waals surface area contributed by atoms with Crippen LogP contribution in [0.15, 0.2) is 6.20 Å². The lowest BCUT2D eigenvalue weighted by molar-refractivity contribution is 0.163. The number of nitrogens with one attached hydrogen (secondary N) is 2. The van der Waals surface area contributed by atoms with Crippen LogP contribution < -0.4 is 0 Å². The maximum absolute atomic E-state index is 4.97. The highest BCUT2D eigenvalue weighted by molar-refractivity contribution is 7.71. The Balaban J connectivity index is 1.61. The Morgan fingerprint density at radius 1 is 1.45 bits per heavy atom. The van der Waals surface area contributed by atoms with E-state index in [0.717, 1.165) is 23.7 Å². The van der Waals surface area contributed by atoms with Crippen molar-refractivity contribution >= 4 is 23.6 Å². The molecule has 0 bridgehead atoms. The number of nitrogens with zero attached hydrogens (tertiary/aromatic N) is 3. The monoisotopic (exact) mass is 309 g/mol. The summed E-state index contributed by atoms with van der Waals surface area (Å²) < 4.78 is 0.483. The standard InChI is InChI=1S/C13H19N5S2/c1-9-4-2-3-6-18(9)7-5-11-14-8-10(20-11)12-15-13(19)17-16-12/h8-9H,2-7H2,1H3,(H2,15,16,17,19). The zero-order chi connectivity index (χ0) is 13.9. The summed E-state index contributed by atoms with van der Waals surface area (Å²) >= 11 is 6.66. The molecule has 0 radical (unpaired) electrons. The average molecular weight is 309 g/mol. The summed E-state index contributed by atoms with van der Waals surface area (Å²) in [5.74, 6) is 0.782. The van der Waals surface area contributed by atoms with E-state index in [2.05, 4.69) is 32.0 Å². The first-order valence-corrected chi connectivity index (χ1v) is 8.28. The second-order valence-corrected chi connectivity index (χ2v) is 6.77. The second kappa shape index (κ2) is 6.15. The molecule has 1 aliphatic rings. The van der Waals surface area contributed by atoms with Gasteiger partial charge in [0.1, 0.15) is 0 Å². The molecule has 0 aromatic carbocycles. The van der Waals surface area contributed by atoms with E-state index in [0.29, 0.717) is 10.8 Å². The second-order valence-electron chi connectivity index (χ2n) is 5.26. The minimum Gasteiger partial charge on any atom is -0.300 e. The largest absolute Gasteiger partial charge is 0.300 e. The zero-order valence-electron chi connectivity index (χ0n) is 11.6. The van der Waals surface area contributed by atoms with Crippen LogP contribution in [0.25, 0.3) is 10.7 Å². The fourth-order valence-electron chi connectivity index (χ4n) is 2.65. The fraction of sp³-hybridized carbons (Fsp3) is 0.615. The van der Waals surface area contributed by atoms with Crippen LogP contribution in [0.2, 0.25) is 0 Å². The highest BCUT2D eigenvalue weighted by Gasteiger charge is 2.18. The third-order valence-corrected chi connectivity index (χ3v) is 5.10. The smallest absolute Gasteiger partial charge is 0.213 e. The summed E-state index contributed by atoms with van der Waals surface area (Å²) in [6, 6.07) is 0.714. The lowest BCUT2D eigenvalue weighted by Gasteiger charge is -2.32. The van der Waals surface area contributed by atoms with Crippen molar-refractivity contribution in [2.24, 2.45) is 0 Å². The van der Waals surface area contributed by atoms with Crippen molar-refractivity contribution in [2.75, 3.05) is 13.1 Å². The van der Waals surface area contributed by atoms with Gasteiger partial charge in [0.05, 0.1) is 9.88 Å². The minimum atomic E-state index is 0.483. The predicted octanol–water partition coefficient (Wildman–Crippen LogP) is 3.01. The molecule has 108 valence electrons. The third-order valence-electron chi connectivity index (χ3n) is 3.84. The normalized spacial score (nSPS) is 20.4. The molecule has 3 rings (SSSR count). The molecule has 1 unspecified atom stereocenters. The molecule has 0 aliphatic carbocycles. The van der Waals surface area contributed by atoms with E-state index in [1.165, 1.54) is 30.8 Å². The molecule has 5 nitrogen and oxygen atoms in total. The number of hydrogen-bond acceptors (Lipinski definition) is 5. The number of H-pyrrole nitrogens is 2. The molecular formula is C13H19N5S2. The Morgan fingerprint density at radius 2 is 2.35 bits per heavy atom. The van der Waals surface area contributed by atoms with Gasteiger partial charge in [0.15, 0.2) is 5.82 Å². The predicted molar refractivity (Wildman–Crippen MR) is 83.5 cm³/mol. The number of hydrogen-bond donors (Lipinski definition) is 2. The van der Waals surface area contributed by atoms with Crippen molar-refractivity contribution in [3.8, 4) is 10.7 Å². The molecule has 1 fully saturated rings. The van der Waals surface area contributed by atoms with Gasteiger partial charge in [-0.15, -0.1) is 11.3 Å². The van der Waals surface area contributed by atoms with Crippen molar-refractivity contribution in [3.05, 3.63) is 16.0 Å². The van der Waals surface area contributed by atoms with E-state index < -0.39 is 0 Å². The van der Waals surface area contributed by atoms with Crippen LogP contribution in [0.1, 0.15) is 31.2 Å². The van der Waals surface area contributed by atoms with Crippen LogP contribution in [0.5, 0.6) is 0 Å². The molecule has 1 aliphatic heterocycles. The van der Waals surface area contributed by atoms with Crippen LogP contribution in [0.3, 0.4) is 0 Å². The SMILES string of the molecule is CC1CCCCN1CCc1ncc(-c2nc(=S)[nH][nH]2)s1. The van der Waals surface area contributed by atoms with Crippen molar-refractivity contribution < 1.29 is 0 Å². The van der Waals surface area contributed by atoms with Crippen molar-refractivity contribution in [1.29, 1.82) is 0 Å². The van der Waals surface area contributed by atoms with Crippen LogP contribution in [-0.2, 0) is 6.42 Å². The summed E-state index contributed by atoms with van der Waals surface area (Å²) in [5, 5.41) is 6.95. The molecule has 0 spiro atoms. The van der Waals surface area contributed by atoms with E-state index in [4.69, 9.17) is 12.2 Å². The lowest BCUT2D eigenvalue weighted by atomic mass is 10.0. The van der Waals surface area contributed by atoms with Crippen LogP contribution >= 0.6 is 23.6 Å². The van der Waals surface area contributed by atoms with Gasteiger partial charge < -0.3 is 4.90 Å². The maximum atomic E-state index is 4.97. The topological polar surface area (TPSA) is 60.6 Å². The van der Waals surface area contributed by atoms with Crippen molar-refractivity contribution in [3.63, 3.8) is 0 Å². The third kappa shape index (κ3) is 3.16. The fourth-order valence-corrected chi connectivity index (χ4v) is 3.64. The van der Waals surface area contributed by atoms with Gasteiger partial charge in [0.25, 0.3) is 0 Å².